The molecule has 20 heavy (non-hydrogen) atoms. The van der Waals surface area contributed by atoms with E-state index in [-0.39, 0.29) is 5.56 Å². The Morgan fingerprint density at radius 2 is 2.15 bits per heavy atom. The number of aromatic nitrogens is 2. The fourth-order valence-corrected chi connectivity index (χ4v) is 2.13. The third-order valence-electron chi connectivity index (χ3n) is 3.05. The van der Waals surface area contributed by atoms with Crippen LogP contribution < -0.4 is 5.43 Å². The van der Waals surface area contributed by atoms with Gasteiger partial charge in [-0.25, -0.2) is 4.79 Å². The zero-order chi connectivity index (χ0) is 14.1. The summed E-state index contributed by atoms with van der Waals surface area (Å²) in [5.41, 5.74) is 0.730. The minimum absolute atomic E-state index is 0.250. The number of fused-ring (bicyclic) bond motifs is 1. The van der Waals surface area contributed by atoms with Gasteiger partial charge in [-0.1, -0.05) is 17.3 Å². The first kappa shape index (κ1) is 12.2. The second-order valence-electron chi connectivity index (χ2n) is 4.35. The number of para-hydroxylation sites is 1. The van der Waals surface area contributed by atoms with Crippen LogP contribution in [0.2, 0.25) is 0 Å². The van der Waals surface area contributed by atoms with Gasteiger partial charge in [-0.15, -0.1) is 0 Å². The summed E-state index contributed by atoms with van der Waals surface area (Å²) in [6.45, 7) is 0.380. The van der Waals surface area contributed by atoms with Crippen molar-refractivity contribution in [3.8, 4) is 0 Å². The monoisotopic (exact) mass is 270 g/mol. The van der Waals surface area contributed by atoms with Gasteiger partial charge >= 0.3 is 5.97 Å². The molecular formula is C14H10N2O4. The van der Waals surface area contributed by atoms with E-state index in [9.17, 15) is 9.59 Å². The van der Waals surface area contributed by atoms with Crippen molar-refractivity contribution in [2.45, 2.75) is 6.54 Å². The van der Waals surface area contributed by atoms with E-state index in [2.05, 4.69) is 5.16 Å². The summed E-state index contributed by atoms with van der Waals surface area (Å²) in [5, 5.41) is 13.1. The molecule has 0 aliphatic heterocycles. The van der Waals surface area contributed by atoms with E-state index in [1.54, 1.807) is 35.0 Å². The molecule has 0 saturated carbocycles. The average molecular weight is 270 g/mol. The Morgan fingerprint density at radius 1 is 1.35 bits per heavy atom. The number of carboxylic acids is 1. The van der Waals surface area contributed by atoms with E-state index in [0.29, 0.717) is 17.4 Å². The predicted octanol–water partition coefficient (Wildman–Crippen LogP) is 1.74. The molecule has 0 unspecified atom stereocenters. The summed E-state index contributed by atoms with van der Waals surface area (Å²) >= 11 is 0. The maximum atomic E-state index is 12.1. The van der Waals surface area contributed by atoms with E-state index >= 15 is 0 Å². The normalized spacial score (nSPS) is 10.8. The van der Waals surface area contributed by atoms with Crippen LogP contribution in [0.1, 0.15) is 15.9 Å². The Morgan fingerprint density at radius 3 is 2.85 bits per heavy atom. The van der Waals surface area contributed by atoms with Gasteiger partial charge in [0.1, 0.15) is 11.8 Å². The summed E-state index contributed by atoms with van der Waals surface area (Å²) in [6.07, 6.45) is 4.38. The molecule has 2 aromatic heterocycles. The highest BCUT2D eigenvalue weighted by Crippen LogP contribution is 2.14. The van der Waals surface area contributed by atoms with E-state index in [0.717, 1.165) is 5.56 Å². The Kier molecular flexibility index (Phi) is 2.83. The van der Waals surface area contributed by atoms with E-state index in [4.69, 9.17) is 9.63 Å². The molecule has 1 N–H and O–H groups in total. The molecule has 100 valence electrons. The molecule has 0 saturated heterocycles. The smallest absolute Gasteiger partial charge is 0.341 e. The lowest BCUT2D eigenvalue weighted by molar-refractivity contribution is 0.0695. The van der Waals surface area contributed by atoms with Crippen LogP contribution >= 0.6 is 0 Å². The van der Waals surface area contributed by atoms with Gasteiger partial charge in [0.2, 0.25) is 5.43 Å². The molecule has 0 atom stereocenters. The summed E-state index contributed by atoms with van der Waals surface area (Å²) in [4.78, 5) is 23.3. The number of hydrogen-bond donors (Lipinski definition) is 1. The topological polar surface area (TPSA) is 85.3 Å². The number of rotatable bonds is 3. The Hall–Kier alpha value is -2.89. The van der Waals surface area contributed by atoms with Crippen molar-refractivity contribution in [3.63, 3.8) is 0 Å². The molecule has 0 aliphatic rings. The van der Waals surface area contributed by atoms with Gasteiger partial charge in [0.15, 0.2) is 0 Å². The molecule has 0 bridgehead atoms. The molecular weight excluding hydrogens is 260 g/mol. The average Bonchev–Trinajstić information content (AvgIpc) is 2.94. The Labute approximate surface area is 112 Å². The third kappa shape index (κ3) is 1.97. The van der Waals surface area contributed by atoms with Crippen molar-refractivity contribution in [2.75, 3.05) is 0 Å². The van der Waals surface area contributed by atoms with E-state index in [1.165, 1.54) is 12.5 Å². The molecule has 0 spiro atoms. The number of benzene rings is 1. The highest BCUT2D eigenvalue weighted by molar-refractivity contribution is 5.92. The standard InChI is InChI=1S/C14H10N2O4/c17-13-10-3-1-2-4-12(10)16(7-11(13)14(18)19)6-9-5-15-20-8-9/h1-5,7-8H,6H2,(H,18,19). The molecule has 0 aliphatic carbocycles. The minimum atomic E-state index is -1.24. The number of nitrogens with zero attached hydrogens (tertiary/aromatic N) is 2. The first-order chi connectivity index (χ1) is 9.66. The van der Waals surface area contributed by atoms with Crippen molar-refractivity contribution in [3.05, 3.63) is 64.3 Å². The summed E-state index contributed by atoms with van der Waals surface area (Å²) in [5.74, 6) is -1.24. The summed E-state index contributed by atoms with van der Waals surface area (Å²) < 4.78 is 6.46. The molecule has 0 fully saturated rings. The molecule has 0 amide bonds. The van der Waals surface area contributed by atoms with Gasteiger partial charge in [-0.05, 0) is 12.1 Å². The van der Waals surface area contributed by atoms with Crippen molar-refractivity contribution < 1.29 is 14.4 Å². The number of pyridine rings is 1. The summed E-state index contributed by atoms with van der Waals surface area (Å²) in [6, 6.07) is 6.90. The van der Waals surface area contributed by atoms with Crippen molar-refractivity contribution >= 4 is 16.9 Å². The van der Waals surface area contributed by atoms with E-state index < -0.39 is 11.4 Å². The first-order valence-corrected chi connectivity index (χ1v) is 5.90. The minimum Gasteiger partial charge on any atom is -0.477 e. The van der Waals surface area contributed by atoms with Gasteiger partial charge in [-0.2, -0.15) is 0 Å². The molecule has 0 radical (unpaired) electrons. The molecule has 2 heterocycles. The number of carboxylic acid groups (broad SMARTS) is 1. The zero-order valence-corrected chi connectivity index (χ0v) is 10.3. The van der Waals surface area contributed by atoms with Crippen molar-refractivity contribution in [2.24, 2.45) is 0 Å². The molecule has 1 aromatic carbocycles. The van der Waals surface area contributed by atoms with Crippen LogP contribution in [0.4, 0.5) is 0 Å². The predicted molar refractivity (Wildman–Crippen MR) is 70.8 cm³/mol. The SMILES string of the molecule is O=C(O)c1cn(Cc2cnoc2)c2ccccc2c1=O. The van der Waals surface area contributed by atoms with Crippen LogP contribution in [0.5, 0.6) is 0 Å². The largest absolute Gasteiger partial charge is 0.477 e. The van der Waals surface area contributed by atoms with Crippen LogP contribution in [0, 0.1) is 0 Å². The molecule has 6 nitrogen and oxygen atoms in total. The highest BCUT2D eigenvalue weighted by Gasteiger charge is 2.14. The molecule has 3 aromatic rings. The first-order valence-electron chi connectivity index (χ1n) is 5.90. The van der Waals surface area contributed by atoms with Crippen LogP contribution in [-0.2, 0) is 6.54 Å². The maximum absolute atomic E-state index is 12.1. The van der Waals surface area contributed by atoms with Gasteiger partial charge < -0.3 is 14.2 Å². The number of hydrogen-bond acceptors (Lipinski definition) is 4. The lowest BCUT2D eigenvalue weighted by Crippen LogP contribution is -2.19. The van der Waals surface area contributed by atoms with Gasteiger partial charge in [-0.3, -0.25) is 4.79 Å². The van der Waals surface area contributed by atoms with Crippen LogP contribution in [0.3, 0.4) is 0 Å². The van der Waals surface area contributed by atoms with Crippen molar-refractivity contribution in [1.82, 2.24) is 9.72 Å². The highest BCUT2D eigenvalue weighted by atomic mass is 16.5. The van der Waals surface area contributed by atoms with Crippen LogP contribution in [0.15, 0.2) is 52.2 Å². The van der Waals surface area contributed by atoms with E-state index in [1.807, 2.05) is 0 Å². The lowest BCUT2D eigenvalue weighted by atomic mass is 10.1. The zero-order valence-electron chi connectivity index (χ0n) is 10.3. The van der Waals surface area contributed by atoms with Crippen LogP contribution in [-0.4, -0.2) is 20.8 Å². The third-order valence-corrected chi connectivity index (χ3v) is 3.05. The van der Waals surface area contributed by atoms with Crippen molar-refractivity contribution in [1.29, 1.82) is 0 Å². The second-order valence-corrected chi connectivity index (χ2v) is 4.35. The fourth-order valence-electron chi connectivity index (χ4n) is 2.13. The van der Waals surface area contributed by atoms with Gasteiger partial charge in [0.25, 0.3) is 0 Å². The summed E-state index contributed by atoms with van der Waals surface area (Å²) in [7, 11) is 0. The number of carbonyl (C=O) groups is 1. The lowest BCUT2D eigenvalue weighted by Gasteiger charge is -2.10. The molecule has 3 rings (SSSR count). The fraction of sp³-hybridized carbons (Fsp3) is 0.0714. The van der Waals surface area contributed by atoms with Gasteiger partial charge in [0, 0.05) is 17.1 Å². The van der Waals surface area contributed by atoms with Crippen LogP contribution in [0.25, 0.3) is 10.9 Å². The quantitative estimate of drug-likeness (QED) is 0.783. The molecule has 6 heteroatoms. The maximum Gasteiger partial charge on any atom is 0.341 e. The second kappa shape index (κ2) is 4.65. The Balaban J connectivity index is 2.27. The Bertz CT molecular complexity index is 834. The number of aromatic carboxylic acids is 1. The van der Waals surface area contributed by atoms with Gasteiger partial charge in [0.05, 0.1) is 18.3 Å².